The molecule has 0 aromatic heterocycles. The van der Waals surface area contributed by atoms with E-state index in [2.05, 4.69) is 32.7 Å². The number of ether oxygens (including phenoxy) is 3. The Labute approximate surface area is 187 Å². The Morgan fingerprint density at radius 2 is 1.78 bits per heavy atom. The number of aliphatic imine (C=N–C) groups is 1. The number of halogens is 2. The van der Waals surface area contributed by atoms with E-state index < -0.39 is 11.6 Å². The summed E-state index contributed by atoms with van der Waals surface area (Å²) in [4.78, 5) is 6.65. The van der Waals surface area contributed by atoms with Crippen LogP contribution < -0.4 is 20.1 Å². The summed E-state index contributed by atoms with van der Waals surface area (Å²) in [6.07, 6.45) is 0. The highest BCUT2D eigenvalue weighted by atomic mass is 19.2. The van der Waals surface area contributed by atoms with Crippen LogP contribution in [0, 0.1) is 11.6 Å². The van der Waals surface area contributed by atoms with Gasteiger partial charge in [0.2, 0.25) is 0 Å². The molecule has 0 bridgehead atoms. The van der Waals surface area contributed by atoms with Crippen LogP contribution in [-0.4, -0.2) is 71.0 Å². The topological polar surface area (TPSA) is 67.4 Å². The van der Waals surface area contributed by atoms with Gasteiger partial charge in [0.05, 0.1) is 32.9 Å². The lowest BCUT2D eigenvalue weighted by atomic mass is 10.0. The van der Waals surface area contributed by atoms with Gasteiger partial charge >= 0.3 is 0 Å². The second kappa shape index (κ2) is 12.2. The fourth-order valence-corrected chi connectivity index (χ4v) is 3.49. The first-order valence-electron chi connectivity index (χ1n) is 10.6. The minimum Gasteiger partial charge on any atom is -0.497 e. The Morgan fingerprint density at radius 1 is 1.06 bits per heavy atom. The van der Waals surface area contributed by atoms with Gasteiger partial charge in [-0.2, -0.15) is 0 Å². The van der Waals surface area contributed by atoms with Crippen LogP contribution >= 0.6 is 0 Å². The molecule has 0 aliphatic carbocycles. The van der Waals surface area contributed by atoms with Crippen molar-refractivity contribution in [3.63, 3.8) is 0 Å². The van der Waals surface area contributed by atoms with Crippen LogP contribution in [0.4, 0.5) is 8.78 Å². The molecule has 1 aliphatic heterocycles. The van der Waals surface area contributed by atoms with E-state index in [-0.39, 0.29) is 18.4 Å². The molecular weight excluding hydrogens is 418 g/mol. The molecule has 174 valence electrons. The Kier molecular flexibility index (Phi) is 9.06. The third-order valence-corrected chi connectivity index (χ3v) is 5.23. The van der Waals surface area contributed by atoms with Crippen molar-refractivity contribution in [3.05, 3.63) is 59.7 Å². The summed E-state index contributed by atoms with van der Waals surface area (Å²) in [6.45, 7) is 4.50. The SMILES string of the molecule is CN=C(NCCOc1ccc(F)c(F)c1)NCC(c1ccc(OC)cc1)N1CCOCC1. The van der Waals surface area contributed by atoms with Gasteiger partial charge in [0, 0.05) is 32.7 Å². The van der Waals surface area contributed by atoms with Gasteiger partial charge in [-0.05, 0) is 29.8 Å². The first kappa shape index (κ1) is 23.7. The van der Waals surface area contributed by atoms with Gasteiger partial charge in [0.1, 0.15) is 18.1 Å². The molecule has 1 fully saturated rings. The van der Waals surface area contributed by atoms with E-state index in [0.29, 0.717) is 32.3 Å². The van der Waals surface area contributed by atoms with E-state index in [0.717, 1.165) is 31.0 Å². The standard InChI is InChI=1S/C23H30F2N4O3/c1-26-23(27-9-12-32-19-7-8-20(24)21(25)15-19)28-16-22(29-10-13-31-14-11-29)17-3-5-18(30-2)6-4-17/h3-8,15,22H,9-14,16H2,1-2H3,(H2,26,27,28). The molecule has 2 N–H and O–H groups in total. The molecule has 0 amide bonds. The molecule has 1 aliphatic rings. The Balaban J connectivity index is 1.52. The molecule has 1 unspecified atom stereocenters. The molecule has 3 rings (SSSR count). The zero-order valence-electron chi connectivity index (χ0n) is 18.4. The van der Waals surface area contributed by atoms with Gasteiger partial charge in [-0.3, -0.25) is 9.89 Å². The van der Waals surface area contributed by atoms with Crippen molar-refractivity contribution in [3.8, 4) is 11.5 Å². The Hall–Kier alpha value is -2.91. The normalized spacial score (nSPS) is 15.8. The van der Waals surface area contributed by atoms with Crippen LogP contribution in [0.1, 0.15) is 11.6 Å². The quantitative estimate of drug-likeness (QED) is 0.349. The van der Waals surface area contributed by atoms with E-state index in [1.807, 2.05) is 12.1 Å². The van der Waals surface area contributed by atoms with E-state index in [1.54, 1.807) is 14.2 Å². The second-order valence-corrected chi connectivity index (χ2v) is 7.24. The van der Waals surface area contributed by atoms with Gasteiger partial charge < -0.3 is 24.8 Å². The van der Waals surface area contributed by atoms with Gasteiger partial charge in [0.15, 0.2) is 17.6 Å². The number of hydrogen-bond donors (Lipinski definition) is 2. The zero-order chi connectivity index (χ0) is 22.8. The van der Waals surface area contributed by atoms with Gasteiger partial charge in [-0.1, -0.05) is 12.1 Å². The maximum Gasteiger partial charge on any atom is 0.191 e. The molecule has 1 atom stereocenters. The largest absolute Gasteiger partial charge is 0.497 e. The van der Waals surface area contributed by atoms with Crippen molar-refractivity contribution >= 4 is 5.96 Å². The Morgan fingerprint density at radius 3 is 2.44 bits per heavy atom. The predicted octanol–water partition coefficient (Wildman–Crippen LogP) is 2.59. The molecule has 9 heteroatoms. The van der Waals surface area contributed by atoms with Crippen molar-refractivity contribution in [2.24, 2.45) is 4.99 Å². The maximum absolute atomic E-state index is 13.3. The van der Waals surface area contributed by atoms with Crippen LogP contribution in [-0.2, 0) is 4.74 Å². The van der Waals surface area contributed by atoms with Crippen LogP contribution in [0.5, 0.6) is 11.5 Å². The molecule has 32 heavy (non-hydrogen) atoms. The first-order valence-corrected chi connectivity index (χ1v) is 10.6. The summed E-state index contributed by atoms with van der Waals surface area (Å²) in [6, 6.07) is 11.7. The molecule has 7 nitrogen and oxygen atoms in total. The van der Waals surface area contributed by atoms with E-state index in [9.17, 15) is 8.78 Å². The molecule has 2 aromatic rings. The van der Waals surface area contributed by atoms with Crippen molar-refractivity contribution in [1.29, 1.82) is 0 Å². The van der Waals surface area contributed by atoms with Crippen LogP contribution in [0.15, 0.2) is 47.5 Å². The van der Waals surface area contributed by atoms with Crippen LogP contribution in [0.25, 0.3) is 0 Å². The number of guanidine groups is 1. The number of nitrogens with zero attached hydrogens (tertiary/aromatic N) is 2. The van der Waals surface area contributed by atoms with Crippen molar-refractivity contribution in [2.45, 2.75) is 6.04 Å². The van der Waals surface area contributed by atoms with Gasteiger partial charge in [-0.15, -0.1) is 0 Å². The zero-order valence-corrected chi connectivity index (χ0v) is 18.4. The van der Waals surface area contributed by atoms with Gasteiger partial charge in [0.25, 0.3) is 0 Å². The average Bonchev–Trinajstić information content (AvgIpc) is 2.83. The lowest BCUT2D eigenvalue weighted by Gasteiger charge is -2.35. The fourth-order valence-electron chi connectivity index (χ4n) is 3.49. The summed E-state index contributed by atoms with van der Waals surface area (Å²) < 4.78 is 42.5. The van der Waals surface area contributed by atoms with Crippen molar-refractivity contribution in [2.75, 3.05) is 60.2 Å². The van der Waals surface area contributed by atoms with Crippen LogP contribution in [0.2, 0.25) is 0 Å². The molecular formula is C23H30F2N4O3. The number of morpholine rings is 1. The number of methoxy groups -OCH3 is 1. The lowest BCUT2D eigenvalue weighted by Crippen LogP contribution is -2.46. The van der Waals surface area contributed by atoms with Crippen LogP contribution in [0.3, 0.4) is 0 Å². The minimum atomic E-state index is -0.930. The monoisotopic (exact) mass is 448 g/mol. The molecule has 0 spiro atoms. The molecule has 2 aromatic carbocycles. The molecule has 0 saturated carbocycles. The van der Waals surface area contributed by atoms with Crippen molar-refractivity contribution in [1.82, 2.24) is 15.5 Å². The summed E-state index contributed by atoms with van der Waals surface area (Å²) in [7, 11) is 3.35. The average molecular weight is 449 g/mol. The smallest absolute Gasteiger partial charge is 0.191 e. The highest BCUT2D eigenvalue weighted by Gasteiger charge is 2.23. The summed E-state index contributed by atoms with van der Waals surface area (Å²) in [5.41, 5.74) is 1.18. The second-order valence-electron chi connectivity index (χ2n) is 7.24. The minimum absolute atomic E-state index is 0.141. The highest BCUT2D eigenvalue weighted by molar-refractivity contribution is 5.79. The highest BCUT2D eigenvalue weighted by Crippen LogP contribution is 2.23. The fraction of sp³-hybridized carbons (Fsp3) is 0.435. The number of hydrogen-bond acceptors (Lipinski definition) is 5. The number of nitrogens with one attached hydrogen (secondary N) is 2. The summed E-state index contributed by atoms with van der Waals surface area (Å²) in [5, 5.41) is 6.55. The third-order valence-electron chi connectivity index (χ3n) is 5.23. The molecule has 1 saturated heterocycles. The number of benzene rings is 2. The number of rotatable bonds is 9. The van der Waals surface area contributed by atoms with E-state index >= 15 is 0 Å². The van der Waals surface area contributed by atoms with Gasteiger partial charge in [-0.25, -0.2) is 8.78 Å². The maximum atomic E-state index is 13.3. The molecule has 1 heterocycles. The lowest BCUT2D eigenvalue weighted by molar-refractivity contribution is 0.0170. The third kappa shape index (κ3) is 6.80. The van der Waals surface area contributed by atoms with E-state index in [1.165, 1.54) is 11.6 Å². The molecule has 0 radical (unpaired) electrons. The summed E-state index contributed by atoms with van der Waals surface area (Å²) >= 11 is 0. The van der Waals surface area contributed by atoms with Crippen molar-refractivity contribution < 1.29 is 23.0 Å². The predicted molar refractivity (Wildman–Crippen MR) is 119 cm³/mol. The first-order chi connectivity index (χ1) is 15.6. The van der Waals surface area contributed by atoms with E-state index in [4.69, 9.17) is 14.2 Å². The summed E-state index contributed by atoms with van der Waals surface area (Å²) in [5.74, 6) is -0.0977. The Bertz CT molecular complexity index is 874.